The van der Waals surface area contributed by atoms with Gasteiger partial charge in [0, 0.05) is 0 Å². The van der Waals surface area contributed by atoms with Crippen molar-refractivity contribution in [3.63, 3.8) is 0 Å². The van der Waals surface area contributed by atoms with Crippen molar-refractivity contribution in [3.05, 3.63) is 0 Å². The van der Waals surface area contributed by atoms with Gasteiger partial charge in [0.15, 0.2) is 0 Å². The van der Waals surface area contributed by atoms with Gasteiger partial charge in [-0.1, -0.05) is 77.6 Å². The molecule has 154 valence electrons. The Hall–Kier alpha value is 0. The zero-order valence-electron chi connectivity index (χ0n) is 18.2. The number of hydrogen-bond donors (Lipinski definition) is 0. The average Bonchev–Trinajstić information content (AvgIpc) is 2.73. The molecule has 0 radical (unpaired) electrons. The van der Waals surface area contributed by atoms with Gasteiger partial charge in [-0.3, -0.25) is 0 Å². The molecule has 0 heterocycles. The summed E-state index contributed by atoms with van der Waals surface area (Å²) in [6.45, 7) is 2.52. The monoisotopic (exact) mass is 370 g/mol. The van der Waals surface area contributed by atoms with Crippen molar-refractivity contribution < 1.29 is 0 Å². The van der Waals surface area contributed by atoms with Crippen LogP contribution < -0.4 is 0 Å². The molecule has 4 atom stereocenters. The molecule has 0 aromatic heterocycles. The number of fused-ring (bicyclic) bond motifs is 2. The highest BCUT2D eigenvalue weighted by molar-refractivity contribution is 5.03. The minimum Gasteiger partial charge on any atom is -0.0625 e. The van der Waals surface area contributed by atoms with Gasteiger partial charge >= 0.3 is 0 Å². The summed E-state index contributed by atoms with van der Waals surface area (Å²) in [7, 11) is 0. The smallest absolute Gasteiger partial charge is 0.0323 e. The van der Waals surface area contributed by atoms with E-state index < -0.39 is 0 Å². The van der Waals surface area contributed by atoms with Gasteiger partial charge in [0.1, 0.15) is 0 Å². The summed E-state index contributed by atoms with van der Waals surface area (Å²) >= 11 is 0. The minimum atomic E-state index is 1.02. The second-order valence-corrected chi connectivity index (χ2v) is 11.8. The lowest BCUT2D eigenvalue weighted by Crippen LogP contribution is -2.53. The highest BCUT2D eigenvalue weighted by atomic mass is 14.6. The molecule has 5 saturated carbocycles. The van der Waals surface area contributed by atoms with Crippen LogP contribution in [0, 0.1) is 53.3 Å². The quantitative estimate of drug-likeness (QED) is 0.459. The Bertz CT molecular complexity index is 442. The fraction of sp³-hybridized carbons (Fsp3) is 1.00. The number of hydrogen-bond acceptors (Lipinski definition) is 0. The Labute approximate surface area is 169 Å². The van der Waals surface area contributed by atoms with Gasteiger partial charge in [0.05, 0.1) is 0 Å². The summed E-state index contributed by atoms with van der Waals surface area (Å²) in [5.41, 5.74) is 0. The van der Waals surface area contributed by atoms with E-state index in [2.05, 4.69) is 6.92 Å². The second-order valence-electron chi connectivity index (χ2n) is 11.8. The van der Waals surface area contributed by atoms with Gasteiger partial charge < -0.3 is 0 Å². The Kier molecular flexibility index (Phi) is 5.90. The van der Waals surface area contributed by atoms with Crippen molar-refractivity contribution >= 4 is 0 Å². The van der Waals surface area contributed by atoms with Crippen molar-refractivity contribution in [1.29, 1.82) is 0 Å². The maximum Gasteiger partial charge on any atom is -0.0323 e. The van der Waals surface area contributed by atoms with Gasteiger partial charge in [-0.05, 0) is 91.8 Å². The molecule has 0 saturated heterocycles. The second kappa shape index (κ2) is 8.39. The summed E-state index contributed by atoms with van der Waals surface area (Å²) in [4.78, 5) is 0. The van der Waals surface area contributed by atoms with Crippen LogP contribution in [0.25, 0.3) is 0 Å². The van der Waals surface area contributed by atoms with Crippen molar-refractivity contribution in [2.24, 2.45) is 53.3 Å². The summed E-state index contributed by atoms with van der Waals surface area (Å²) < 4.78 is 0. The Morgan fingerprint density at radius 3 is 1.19 bits per heavy atom. The maximum absolute atomic E-state index is 2.52. The summed E-state index contributed by atoms with van der Waals surface area (Å²) in [6.07, 6.45) is 26.9. The van der Waals surface area contributed by atoms with Gasteiger partial charge in [0.2, 0.25) is 0 Å². The summed E-state index contributed by atoms with van der Waals surface area (Å²) in [5, 5.41) is 0. The van der Waals surface area contributed by atoms with E-state index in [-0.39, 0.29) is 0 Å². The molecule has 4 unspecified atom stereocenters. The van der Waals surface area contributed by atoms with Gasteiger partial charge in [0.25, 0.3) is 0 Å². The molecule has 5 aliphatic carbocycles. The largest absolute Gasteiger partial charge is 0.0625 e. The van der Waals surface area contributed by atoms with Crippen LogP contribution in [0.4, 0.5) is 0 Å². The Balaban J connectivity index is 1.44. The molecule has 0 heteroatoms. The van der Waals surface area contributed by atoms with Crippen LogP contribution >= 0.6 is 0 Å². The SMILES string of the molecule is CC1CCC(C2C3CCCCC3C(C3CCCCC3)C3CCCCC32)CC1. The van der Waals surface area contributed by atoms with Crippen LogP contribution in [0.5, 0.6) is 0 Å². The predicted octanol–water partition coefficient (Wildman–Crippen LogP) is 8.25. The molecule has 0 aliphatic heterocycles. The summed E-state index contributed by atoms with van der Waals surface area (Å²) in [5.74, 6) is 10.1. The van der Waals surface area contributed by atoms with Crippen LogP contribution in [-0.4, -0.2) is 0 Å². The van der Waals surface area contributed by atoms with Crippen LogP contribution in [-0.2, 0) is 0 Å². The van der Waals surface area contributed by atoms with Gasteiger partial charge in [-0.15, -0.1) is 0 Å². The predicted molar refractivity (Wildman–Crippen MR) is 116 cm³/mol. The lowest BCUT2D eigenvalue weighted by Gasteiger charge is -2.60. The van der Waals surface area contributed by atoms with Crippen LogP contribution in [0.1, 0.15) is 116 Å². The number of rotatable bonds is 2. The van der Waals surface area contributed by atoms with Crippen molar-refractivity contribution in [1.82, 2.24) is 0 Å². The van der Waals surface area contributed by atoms with Gasteiger partial charge in [-0.25, -0.2) is 0 Å². The fourth-order valence-corrected chi connectivity index (χ4v) is 9.51. The lowest BCUT2D eigenvalue weighted by atomic mass is 9.45. The molecule has 0 amide bonds. The third-order valence-electron chi connectivity index (χ3n) is 10.5. The fourth-order valence-electron chi connectivity index (χ4n) is 9.51. The zero-order valence-corrected chi connectivity index (χ0v) is 18.2. The topological polar surface area (TPSA) is 0 Å². The normalized spacial score (nSPS) is 49.2. The van der Waals surface area contributed by atoms with E-state index in [1.165, 1.54) is 6.42 Å². The zero-order chi connectivity index (χ0) is 18.2. The molecule has 0 bridgehead atoms. The molecule has 0 N–H and O–H groups in total. The molecular weight excluding hydrogens is 324 g/mol. The van der Waals surface area contributed by atoms with E-state index in [4.69, 9.17) is 0 Å². The molecule has 0 nitrogen and oxygen atoms in total. The van der Waals surface area contributed by atoms with E-state index >= 15 is 0 Å². The molecule has 0 aromatic rings. The molecule has 0 spiro atoms. The minimum absolute atomic E-state index is 1.02. The third kappa shape index (κ3) is 3.66. The summed E-state index contributed by atoms with van der Waals surface area (Å²) in [6, 6.07) is 0. The van der Waals surface area contributed by atoms with E-state index in [9.17, 15) is 0 Å². The van der Waals surface area contributed by atoms with E-state index in [1.54, 1.807) is 103 Å². The Morgan fingerprint density at radius 2 is 0.741 bits per heavy atom. The van der Waals surface area contributed by atoms with Crippen molar-refractivity contribution in [2.75, 3.05) is 0 Å². The highest BCUT2D eigenvalue weighted by Crippen LogP contribution is 2.62. The maximum atomic E-state index is 2.52. The van der Waals surface area contributed by atoms with Crippen LogP contribution in [0.15, 0.2) is 0 Å². The van der Waals surface area contributed by atoms with E-state index in [1.807, 2.05) is 0 Å². The first kappa shape index (κ1) is 19.0. The molecule has 5 rings (SSSR count). The van der Waals surface area contributed by atoms with Crippen molar-refractivity contribution in [3.8, 4) is 0 Å². The van der Waals surface area contributed by atoms with Crippen LogP contribution in [0.2, 0.25) is 0 Å². The third-order valence-corrected chi connectivity index (χ3v) is 10.5. The molecule has 0 aromatic carbocycles. The molecular formula is C27H46. The molecule has 5 fully saturated rings. The first-order valence-electron chi connectivity index (χ1n) is 13.3. The molecule has 27 heavy (non-hydrogen) atoms. The first-order valence-corrected chi connectivity index (χ1v) is 13.3. The lowest BCUT2D eigenvalue weighted by molar-refractivity contribution is -0.112. The highest BCUT2D eigenvalue weighted by Gasteiger charge is 2.54. The van der Waals surface area contributed by atoms with E-state index in [0.717, 1.165) is 53.3 Å². The van der Waals surface area contributed by atoms with E-state index in [0.29, 0.717) is 0 Å². The Morgan fingerprint density at radius 1 is 0.370 bits per heavy atom. The van der Waals surface area contributed by atoms with Crippen LogP contribution in [0.3, 0.4) is 0 Å². The van der Waals surface area contributed by atoms with Gasteiger partial charge in [-0.2, -0.15) is 0 Å². The molecule has 5 aliphatic rings. The van der Waals surface area contributed by atoms with Crippen molar-refractivity contribution in [2.45, 2.75) is 116 Å². The first-order chi connectivity index (χ1) is 13.3. The standard InChI is InChI=1S/C27H46/c1-19-15-17-21(18-16-19)27-24-13-7-5-11-22(24)26(20-9-3-2-4-10-20)23-12-6-8-14-25(23)27/h19-27H,2-18H2,1H3. The average molecular weight is 371 g/mol.